The van der Waals surface area contributed by atoms with Gasteiger partial charge in [0.05, 0.1) is 12.8 Å². The van der Waals surface area contributed by atoms with E-state index < -0.39 is 5.82 Å². The number of nitrogens with one attached hydrogen (secondary N) is 2. The summed E-state index contributed by atoms with van der Waals surface area (Å²) >= 11 is 0. The van der Waals surface area contributed by atoms with E-state index >= 15 is 4.39 Å². The van der Waals surface area contributed by atoms with Crippen LogP contribution in [0.2, 0.25) is 0 Å². The van der Waals surface area contributed by atoms with Gasteiger partial charge in [-0.15, -0.1) is 0 Å². The molecule has 198 valence electrons. The third-order valence-corrected chi connectivity index (χ3v) is 6.50. The van der Waals surface area contributed by atoms with Crippen LogP contribution >= 0.6 is 0 Å². The van der Waals surface area contributed by atoms with Crippen molar-refractivity contribution in [3.63, 3.8) is 0 Å². The van der Waals surface area contributed by atoms with Crippen LogP contribution in [0.4, 0.5) is 15.8 Å². The van der Waals surface area contributed by atoms with Crippen LogP contribution in [0.25, 0.3) is 6.08 Å². The first-order chi connectivity index (χ1) is 18.5. The molecule has 3 aromatic carbocycles. The van der Waals surface area contributed by atoms with Crippen molar-refractivity contribution in [1.29, 1.82) is 0 Å². The van der Waals surface area contributed by atoms with E-state index in [1.54, 1.807) is 25.3 Å². The summed E-state index contributed by atoms with van der Waals surface area (Å²) in [5.74, 6) is -0.145. The molecule has 0 radical (unpaired) electrons. The van der Waals surface area contributed by atoms with Crippen LogP contribution in [-0.2, 0) is 9.59 Å². The molecule has 0 saturated carbocycles. The van der Waals surface area contributed by atoms with Crippen molar-refractivity contribution < 1.29 is 18.7 Å². The average molecular weight is 517 g/mol. The number of ether oxygens (including phenoxy) is 1. The second-order valence-corrected chi connectivity index (χ2v) is 8.96. The Hall–Kier alpha value is -4.17. The minimum atomic E-state index is -0.409. The van der Waals surface area contributed by atoms with Gasteiger partial charge in [0.1, 0.15) is 17.6 Å². The molecule has 2 amide bonds. The minimum absolute atomic E-state index is 0.0295. The van der Waals surface area contributed by atoms with Crippen molar-refractivity contribution >= 4 is 29.3 Å². The lowest BCUT2D eigenvalue weighted by Crippen LogP contribution is -2.51. The van der Waals surface area contributed by atoms with Crippen LogP contribution in [0.5, 0.6) is 5.75 Å². The highest BCUT2D eigenvalue weighted by atomic mass is 19.1. The molecule has 0 bridgehead atoms. The summed E-state index contributed by atoms with van der Waals surface area (Å²) in [5.41, 5.74) is 2.56. The molecule has 1 fully saturated rings. The Bertz CT molecular complexity index is 1270. The van der Waals surface area contributed by atoms with Gasteiger partial charge in [0.2, 0.25) is 11.8 Å². The number of hydrogen-bond acceptors (Lipinski definition) is 5. The number of nitrogens with zero attached hydrogens (tertiary/aromatic N) is 2. The zero-order valence-corrected chi connectivity index (χ0v) is 21.7. The lowest BCUT2D eigenvalue weighted by Gasteiger charge is -2.39. The molecule has 0 spiro atoms. The predicted octanol–water partition coefficient (Wildman–Crippen LogP) is 4.49. The molecule has 1 saturated heterocycles. The highest BCUT2D eigenvalue weighted by Gasteiger charge is 2.30. The number of methoxy groups -OCH3 is 1. The van der Waals surface area contributed by atoms with Crippen molar-refractivity contribution in [2.24, 2.45) is 0 Å². The fourth-order valence-electron chi connectivity index (χ4n) is 4.65. The Kier molecular flexibility index (Phi) is 9.11. The molecule has 1 aliphatic heterocycles. The second-order valence-electron chi connectivity index (χ2n) is 8.96. The highest BCUT2D eigenvalue weighted by Crippen LogP contribution is 2.27. The summed E-state index contributed by atoms with van der Waals surface area (Å²) in [6.07, 6.45) is 3.04. The van der Waals surface area contributed by atoms with Gasteiger partial charge in [-0.3, -0.25) is 14.5 Å². The SMILES string of the molecule is CCNC(=O)C(c1ccccc1)N1CCN(c2ccc(NC(=O)/C=C\c3ccccc3OC)cc2F)CC1. The monoisotopic (exact) mass is 516 g/mol. The van der Waals surface area contributed by atoms with Gasteiger partial charge < -0.3 is 20.3 Å². The number of hydrogen-bond donors (Lipinski definition) is 2. The number of benzene rings is 3. The van der Waals surface area contributed by atoms with Crippen LogP contribution in [0.1, 0.15) is 24.1 Å². The van der Waals surface area contributed by atoms with E-state index in [1.165, 1.54) is 12.1 Å². The number of halogens is 1. The Labute approximate surface area is 222 Å². The number of amides is 2. The van der Waals surface area contributed by atoms with E-state index in [4.69, 9.17) is 4.74 Å². The first-order valence-electron chi connectivity index (χ1n) is 12.7. The summed E-state index contributed by atoms with van der Waals surface area (Å²) in [6.45, 7) is 4.85. The highest BCUT2D eigenvalue weighted by molar-refractivity contribution is 6.02. The molecule has 0 aromatic heterocycles. The Balaban J connectivity index is 1.38. The van der Waals surface area contributed by atoms with Crippen molar-refractivity contribution in [1.82, 2.24) is 10.2 Å². The zero-order chi connectivity index (χ0) is 26.9. The number of rotatable bonds is 9. The van der Waals surface area contributed by atoms with Gasteiger partial charge in [0.25, 0.3) is 0 Å². The maximum atomic E-state index is 15.1. The van der Waals surface area contributed by atoms with Gasteiger partial charge in [0.15, 0.2) is 0 Å². The molecule has 7 nitrogen and oxygen atoms in total. The summed E-state index contributed by atoms with van der Waals surface area (Å²) in [5, 5.41) is 5.65. The second kappa shape index (κ2) is 12.9. The number of piperazine rings is 1. The predicted molar refractivity (Wildman–Crippen MR) is 149 cm³/mol. The molecule has 0 aliphatic carbocycles. The quantitative estimate of drug-likeness (QED) is 0.410. The summed E-state index contributed by atoms with van der Waals surface area (Å²) in [6, 6.07) is 21.4. The maximum Gasteiger partial charge on any atom is 0.248 e. The molecule has 1 unspecified atom stereocenters. The molecule has 1 aliphatic rings. The standard InChI is InChI=1S/C30H33FN4O3/c1-3-32-30(37)29(23-10-5-4-6-11-23)35-19-17-34(18-20-35)26-15-14-24(21-25(26)31)33-28(36)16-13-22-9-7-8-12-27(22)38-2/h4-16,21,29H,3,17-20H2,1-2H3,(H,32,37)(H,33,36)/b16-13-. The first kappa shape index (κ1) is 26.9. The van der Waals surface area contributed by atoms with Crippen molar-refractivity contribution in [3.8, 4) is 5.75 Å². The minimum Gasteiger partial charge on any atom is -0.496 e. The molecule has 4 rings (SSSR count). The average Bonchev–Trinajstić information content (AvgIpc) is 2.93. The third-order valence-electron chi connectivity index (χ3n) is 6.50. The van der Waals surface area contributed by atoms with Gasteiger partial charge >= 0.3 is 0 Å². The zero-order valence-electron chi connectivity index (χ0n) is 21.7. The van der Waals surface area contributed by atoms with Gasteiger partial charge in [0, 0.05) is 50.1 Å². The van der Waals surface area contributed by atoms with Gasteiger partial charge in [-0.2, -0.15) is 0 Å². The normalized spacial score (nSPS) is 14.8. The number of anilines is 2. The smallest absolute Gasteiger partial charge is 0.248 e. The molecular weight excluding hydrogens is 483 g/mol. The van der Waals surface area contributed by atoms with Crippen LogP contribution in [0.15, 0.2) is 78.9 Å². The van der Waals surface area contributed by atoms with Crippen LogP contribution in [0.3, 0.4) is 0 Å². The molecule has 1 heterocycles. The maximum absolute atomic E-state index is 15.1. The summed E-state index contributed by atoms with van der Waals surface area (Å²) < 4.78 is 20.4. The molecule has 1 atom stereocenters. The van der Waals surface area contributed by atoms with Gasteiger partial charge in [-0.25, -0.2) is 4.39 Å². The molecule has 2 N–H and O–H groups in total. The van der Waals surface area contributed by atoms with E-state index in [2.05, 4.69) is 15.5 Å². The fourth-order valence-corrected chi connectivity index (χ4v) is 4.65. The molecular formula is C30H33FN4O3. The number of likely N-dealkylation sites (N-methyl/N-ethyl adjacent to an activating group) is 1. The van der Waals surface area contributed by atoms with E-state index in [1.807, 2.05) is 66.4 Å². The van der Waals surface area contributed by atoms with E-state index in [0.717, 1.165) is 11.1 Å². The molecule has 38 heavy (non-hydrogen) atoms. The molecule has 3 aromatic rings. The number of carbonyl (C=O) groups is 2. The Morgan fingerprint density at radius 2 is 1.71 bits per heavy atom. The lowest BCUT2D eigenvalue weighted by atomic mass is 10.0. The number of carbonyl (C=O) groups excluding carboxylic acids is 2. The first-order valence-corrected chi connectivity index (χ1v) is 12.7. The van der Waals surface area contributed by atoms with Crippen molar-refractivity contribution in [3.05, 3.63) is 95.8 Å². The largest absolute Gasteiger partial charge is 0.496 e. The van der Waals surface area contributed by atoms with Crippen LogP contribution in [-0.4, -0.2) is 56.5 Å². The lowest BCUT2D eigenvalue weighted by molar-refractivity contribution is -0.126. The summed E-state index contributed by atoms with van der Waals surface area (Å²) in [7, 11) is 1.57. The fraction of sp³-hybridized carbons (Fsp3) is 0.267. The van der Waals surface area contributed by atoms with Crippen molar-refractivity contribution in [2.45, 2.75) is 13.0 Å². The van der Waals surface area contributed by atoms with Crippen LogP contribution < -0.4 is 20.3 Å². The summed E-state index contributed by atoms with van der Waals surface area (Å²) in [4.78, 5) is 29.4. The van der Waals surface area contributed by atoms with E-state index in [9.17, 15) is 9.59 Å². The Morgan fingerprint density at radius 3 is 2.39 bits per heavy atom. The van der Waals surface area contributed by atoms with E-state index in [0.29, 0.717) is 49.8 Å². The van der Waals surface area contributed by atoms with Crippen molar-refractivity contribution in [2.75, 3.05) is 50.1 Å². The van der Waals surface area contributed by atoms with Crippen LogP contribution in [0, 0.1) is 5.82 Å². The van der Waals surface area contributed by atoms with Gasteiger partial charge in [-0.05, 0) is 42.8 Å². The Morgan fingerprint density at radius 1 is 1.00 bits per heavy atom. The number of para-hydroxylation sites is 1. The third kappa shape index (κ3) is 6.58. The topological polar surface area (TPSA) is 73.9 Å². The van der Waals surface area contributed by atoms with E-state index in [-0.39, 0.29) is 17.9 Å². The molecule has 8 heteroatoms. The van der Waals surface area contributed by atoms with Gasteiger partial charge in [-0.1, -0.05) is 48.5 Å².